The molecular formula is C22H34ClN7. The van der Waals surface area contributed by atoms with Gasteiger partial charge in [0.15, 0.2) is 5.96 Å². The van der Waals surface area contributed by atoms with Gasteiger partial charge in [-0.05, 0) is 24.7 Å². The smallest absolute Gasteiger partial charge is 0.191 e. The van der Waals surface area contributed by atoms with Gasteiger partial charge in [0.05, 0.1) is 12.6 Å². The van der Waals surface area contributed by atoms with E-state index in [1.54, 1.807) is 6.33 Å². The SMILES string of the molecule is C=CCNC(=NCC(c1ccccc1Cl)N(CC)CC)NCCn1cnnc1CC. The van der Waals surface area contributed by atoms with Crippen molar-refractivity contribution in [1.29, 1.82) is 0 Å². The third kappa shape index (κ3) is 6.85. The van der Waals surface area contributed by atoms with Crippen LogP contribution in [0.15, 0.2) is 48.2 Å². The highest BCUT2D eigenvalue weighted by Crippen LogP contribution is 2.27. The van der Waals surface area contributed by atoms with Crippen molar-refractivity contribution in [3.8, 4) is 0 Å². The quantitative estimate of drug-likeness (QED) is 0.306. The topological polar surface area (TPSA) is 70.4 Å². The zero-order chi connectivity index (χ0) is 21.8. The van der Waals surface area contributed by atoms with Gasteiger partial charge in [0.1, 0.15) is 12.2 Å². The number of aliphatic imine (C=N–C) groups is 1. The lowest BCUT2D eigenvalue weighted by Gasteiger charge is -2.29. The third-order valence-corrected chi connectivity index (χ3v) is 5.35. The van der Waals surface area contributed by atoms with E-state index in [0.29, 0.717) is 13.1 Å². The number of aromatic nitrogens is 3. The summed E-state index contributed by atoms with van der Waals surface area (Å²) in [4.78, 5) is 7.24. The van der Waals surface area contributed by atoms with Gasteiger partial charge in [-0.2, -0.15) is 0 Å². The van der Waals surface area contributed by atoms with Gasteiger partial charge in [-0.15, -0.1) is 16.8 Å². The molecule has 0 spiro atoms. The van der Waals surface area contributed by atoms with Crippen LogP contribution in [-0.4, -0.2) is 58.3 Å². The maximum absolute atomic E-state index is 6.51. The summed E-state index contributed by atoms with van der Waals surface area (Å²) >= 11 is 6.51. The lowest BCUT2D eigenvalue weighted by atomic mass is 10.1. The summed E-state index contributed by atoms with van der Waals surface area (Å²) in [6.45, 7) is 14.8. The van der Waals surface area contributed by atoms with Crippen LogP contribution in [0.1, 0.15) is 38.2 Å². The first kappa shape index (κ1) is 23.9. The Balaban J connectivity index is 2.12. The highest BCUT2D eigenvalue weighted by molar-refractivity contribution is 6.31. The van der Waals surface area contributed by atoms with E-state index in [1.165, 1.54) is 0 Å². The molecule has 0 radical (unpaired) electrons. The summed E-state index contributed by atoms with van der Waals surface area (Å²) in [5.74, 6) is 1.74. The van der Waals surface area contributed by atoms with Crippen LogP contribution in [-0.2, 0) is 13.0 Å². The van der Waals surface area contributed by atoms with Crippen LogP contribution < -0.4 is 10.6 Å². The van der Waals surface area contributed by atoms with Crippen molar-refractivity contribution in [3.63, 3.8) is 0 Å². The first-order valence-corrected chi connectivity index (χ1v) is 11.0. The molecule has 0 fully saturated rings. The maximum Gasteiger partial charge on any atom is 0.191 e. The first-order valence-electron chi connectivity index (χ1n) is 10.6. The Morgan fingerprint density at radius 1 is 1.27 bits per heavy atom. The van der Waals surface area contributed by atoms with Gasteiger partial charge < -0.3 is 15.2 Å². The fourth-order valence-electron chi connectivity index (χ4n) is 3.38. The molecule has 1 aromatic heterocycles. The van der Waals surface area contributed by atoms with Crippen molar-refractivity contribution < 1.29 is 0 Å². The minimum absolute atomic E-state index is 0.112. The summed E-state index contributed by atoms with van der Waals surface area (Å²) in [5.41, 5.74) is 1.10. The second-order valence-electron chi connectivity index (χ2n) is 6.84. The average molecular weight is 432 g/mol. The molecule has 2 aromatic rings. The Labute approximate surface area is 185 Å². The van der Waals surface area contributed by atoms with Gasteiger partial charge in [-0.3, -0.25) is 9.89 Å². The molecule has 0 aliphatic carbocycles. The molecule has 164 valence electrons. The Morgan fingerprint density at radius 2 is 2.03 bits per heavy atom. The molecule has 8 heteroatoms. The first-order chi connectivity index (χ1) is 14.6. The molecule has 2 N–H and O–H groups in total. The number of hydrogen-bond donors (Lipinski definition) is 2. The van der Waals surface area contributed by atoms with Crippen LogP contribution in [0.4, 0.5) is 0 Å². The molecule has 1 aromatic carbocycles. The zero-order valence-electron chi connectivity index (χ0n) is 18.3. The van der Waals surface area contributed by atoms with Crippen LogP contribution in [0.3, 0.4) is 0 Å². The number of benzene rings is 1. The molecule has 30 heavy (non-hydrogen) atoms. The van der Waals surface area contributed by atoms with Gasteiger partial charge in [0.25, 0.3) is 0 Å². The molecule has 1 unspecified atom stereocenters. The highest BCUT2D eigenvalue weighted by atomic mass is 35.5. The van der Waals surface area contributed by atoms with Crippen molar-refractivity contribution in [2.75, 3.05) is 32.7 Å². The number of hydrogen-bond acceptors (Lipinski definition) is 4. The van der Waals surface area contributed by atoms with Gasteiger partial charge in [-0.1, -0.05) is 56.6 Å². The summed E-state index contributed by atoms with van der Waals surface area (Å²) in [5, 5.41) is 15.6. The molecule has 1 heterocycles. The molecule has 0 saturated carbocycles. The van der Waals surface area contributed by atoms with E-state index in [0.717, 1.165) is 55.0 Å². The van der Waals surface area contributed by atoms with E-state index in [2.05, 4.69) is 63.7 Å². The molecule has 0 amide bonds. The van der Waals surface area contributed by atoms with E-state index in [9.17, 15) is 0 Å². The van der Waals surface area contributed by atoms with Gasteiger partial charge in [0, 0.05) is 31.1 Å². The predicted molar refractivity (Wildman–Crippen MR) is 125 cm³/mol. The molecule has 1 atom stereocenters. The number of halogens is 1. The molecule has 0 bridgehead atoms. The van der Waals surface area contributed by atoms with Crippen molar-refractivity contribution in [2.24, 2.45) is 4.99 Å². The Hall–Kier alpha value is -2.38. The highest BCUT2D eigenvalue weighted by Gasteiger charge is 2.20. The van der Waals surface area contributed by atoms with Gasteiger partial charge in [-0.25, -0.2) is 0 Å². The zero-order valence-corrected chi connectivity index (χ0v) is 19.1. The summed E-state index contributed by atoms with van der Waals surface area (Å²) in [6.07, 6.45) is 4.45. The number of likely N-dealkylation sites (N-methyl/N-ethyl adjacent to an activating group) is 1. The minimum Gasteiger partial charge on any atom is -0.355 e. The van der Waals surface area contributed by atoms with Gasteiger partial charge in [0.2, 0.25) is 0 Å². The maximum atomic E-state index is 6.51. The summed E-state index contributed by atoms with van der Waals surface area (Å²) in [7, 11) is 0. The van der Waals surface area contributed by atoms with E-state index < -0.39 is 0 Å². The van der Waals surface area contributed by atoms with E-state index in [1.807, 2.05) is 24.3 Å². The molecule has 7 nitrogen and oxygen atoms in total. The molecule has 0 saturated heterocycles. The van der Waals surface area contributed by atoms with Crippen molar-refractivity contribution >= 4 is 17.6 Å². The van der Waals surface area contributed by atoms with Crippen molar-refractivity contribution in [2.45, 2.75) is 39.8 Å². The van der Waals surface area contributed by atoms with Crippen LogP contribution in [0.5, 0.6) is 0 Å². The summed E-state index contributed by atoms with van der Waals surface area (Å²) in [6, 6.07) is 8.13. The number of nitrogens with zero attached hydrogens (tertiary/aromatic N) is 5. The number of nitrogens with one attached hydrogen (secondary N) is 2. The second-order valence-corrected chi connectivity index (χ2v) is 7.25. The van der Waals surface area contributed by atoms with Crippen molar-refractivity contribution in [3.05, 3.63) is 59.7 Å². The fourth-order valence-corrected chi connectivity index (χ4v) is 3.64. The molecular weight excluding hydrogens is 398 g/mol. The number of guanidine groups is 1. The van der Waals surface area contributed by atoms with Gasteiger partial charge >= 0.3 is 0 Å². The normalized spacial score (nSPS) is 12.8. The van der Waals surface area contributed by atoms with E-state index >= 15 is 0 Å². The molecule has 0 aliphatic heterocycles. The van der Waals surface area contributed by atoms with E-state index in [-0.39, 0.29) is 6.04 Å². The van der Waals surface area contributed by atoms with E-state index in [4.69, 9.17) is 16.6 Å². The largest absolute Gasteiger partial charge is 0.355 e. The second kappa shape index (κ2) is 13.0. The minimum atomic E-state index is 0.112. The van der Waals surface area contributed by atoms with Crippen LogP contribution in [0.25, 0.3) is 0 Å². The average Bonchev–Trinajstić information content (AvgIpc) is 3.22. The Bertz CT molecular complexity index is 798. The monoisotopic (exact) mass is 431 g/mol. The number of rotatable bonds is 12. The van der Waals surface area contributed by atoms with Crippen LogP contribution >= 0.6 is 11.6 Å². The predicted octanol–water partition coefficient (Wildman–Crippen LogP) is 3.30. The van der Waals surface area contributed by atoms with Crippen LogP contribution in [0, 0.1) is 0 Å². The summed E-state index contributed by atoms with van der Waals surface area (Å²) < 4.78 is 2.06. The van der Waals surface area contributed by atoms with Crippen LogP contribution in [0.2, 0.25) is 5.02 Å². The standard InChI is InChI=1S/C22H34ClN7/c1-5-13-24-22(25-14-15-30-17-27-28-21(30)6-2)26-16-20(29(7-3)8-4)18-11-9-10-12-19(18)23/h5,9-12,17,20H,1,6-8,13-16H2,2-4H3,(H2,24,25,26). The lowest BCUT2D eigenvalue weighted by molar-refractivity contribution is 0.224. The molecule has 2 rings (SSSR count). The van der Waals surface area contributed by atoms with Crippen molar-refractivity contribution in [1.82, 2.24) is 30.3 Å². The number of aryl methyl sites for hydroxylation is 1. The Kier molecular flexibility index (Phi) is 10.4. The Morgan fingerprint density at radius 3 is 2.70 bits per heavy atom. The molecule has 0 aliphatic rings. The third-order valence-electron chi connectivity index (χ3n) is 5.01. The fraction of sp³-hybridized carbons (Fsp3) is 0.500. The lowest BCUT2D eigenvalue weighted by Crippen LogP contribution is -2.40.